The molecule has 0 aliphatic carbocycles. The molecule has 0 saturated heterocycles. The number of nitrogens with zero attached hydrogens (tertiary/aromatic N) is 3. The van der Waals surface area contributed by atoms with Gasteiger partial charge in [0.15, 0.2) is 0 Å². The van der Waals surface area contributed by atoms with Gasteiger partial charge in [0.05, 0.1) is 33.7 Å². The molecule has 9 rings (SSSR count). The van der Waals surface area contributed by atoms with Gasteiger partial charge in [0.2, 0.25) is 0 Å². The van der Waals surface area contributed by atoms with E-state index in [2.05, 4.69) is 161 Å². The van der Waals surface area contributed by atoms with Crippen LogP contribution in [-0.2, 0) is 0 Å². The van der Waals surface area contributed by atoms with Crippen molar-refractivity contribution in [1.29, 1.82) is 5.26 Å². The monoisotopic (exact) mass is 585 g/mol. The van der Waals surface area contributed by atoms with E-state index in [0.717, 1.165) is 44.7 Å². The summed E-state index contributed by atoms with van der Waals surface area (Å²) >= 11 is 0. The summed E-state index contributed by atoms with van der Waals surface area (Å²) in [5, 5.41) is 14.6. The lowest BCUT2D eigenvalue weighted by molar-refractivity contribution is 1.17. The number of nitriles is 1. The number of fused-ring (bicyclic) bond motifs is 6. The number of hydrogen-bond acceptors (Lipinski definition) is 1. The van der Waals surface area contributed by atoms with E-state index >= 15 is 0 Å². The Morgan fingerprint density at radius 3 is 1.26 bits per heavy atom. The topological polar surface area (TPSA) is 33.6 Å². The third-order valence-corrected chi connectivity index (χ3v) is 9.10. The SMILES string of the molecule is N#Cc1cccc(-c2cc(-c3cccc(-n4c5ccccc5c5ccccc54)c3)cc(-n3c4ccccc4c4ccccc43)c2)c1. The minimum atomic E-state index is 0.648. The zero-order valence-corrected chi connectivity index (χ0v) is 24.9. The number of rotatable bonds is 4. The molecule has 0 atom stereocenters. The first-order chi connectivity index (χ1) is 22.8. The first-order valence-corrected chi connectivity index (χ1v) is 15.5. The maximum absolute atomic E-state index is 9.70. The van der Waals surface area contributed by atoms with Crippen molar-refractivity contribution in [1.82, 2.24) is 9.13 Å². The second-order valence-corrected chi connectivity index (χ2v) is 11.8. The van der Waals surface area contributed by atoms with E-state index < -0.39 is 0 Å². The van der Waals surface area contributed by atoms with E-state index in [1.165, 1.54) is 32.6 Å². The largest absolute Gasteiger partial charge is 0.309 e. The zero-order chi connectivity index (χ0) is 30.6. The molecular formula is C43H27N3. The van der Waals surface area contributed by atoms with E-state index in [0.29, 0.717) is 5.56 Å². The van der Waals surface area contributed by atoms with E-state index in [1.807, 2.05) is 18.2 Å². The van der Waals surface area contributed by atoms with Gasteiger partial charge in [-0.3, -0.25) is 0 Å². The van der Waals surface area contributed by atoms with Crippen LogP contribution in [0.2, 0.25) is 0 Å². The zero-order valence-electron chi connectivity index (χ0n) is 24.9. The molecule has 0 saturated carbocycles. The van der Waals surface area contributed by atoms with Gasteiger partial charge < -0.3 is 9.13 Å². The Balaban J connectivity index is 1.31. The summed E-state index contributed by atoms with van der Waals surface area (Å²) in [6.07, 6.45) is 0. The molecule has 46 heavy (non-hydrogen) atoms. The van der Waals surface area contributed by atoms with Crippen molar-refractivity contribution in [2.45, 2.75) is 0 Å². The van der Waals surface area contributed by atoms with Crippen molar-refractivity contribution in [3.63, 3.8) is 0 Å². The van der Waals surface area contributed by atoms with Crippen LogP contribution in [0.5, 0.6) is 0 Å². The van der Waals surface area contributed by atoms with Gasteiger partial charge >= 0.3 is 0 Å². The fraction of sp³-hybridized carbons (Fsp3) is 0. The Hall–Kier alpha value is -6.37. The number of benzene rings is 7. The molecule has 0 bridgehead atoms. The summed E-state index contributed by atoms with van der Waals surface area (Å²) in [7, 11) is 0. The summed E-state index contributed by atoms with van der Waals surface area (Å²) in [5.74, 6) is 0. The highest BCUT2D eigenvalue weighted by atomic mass is 15.0. The highest BCUT2D eigenvalue weighted by molar-refractivity contribution is 6.10. The molecule has 0 amide bonds. The lowest BCUT2D eigenvalue weighted by atomic mass is 9.96. The molecule has 0 unspecified atom stereocenters. The van der Waals surface area contributed by atoms with Gasteiger partial charge in [-0.05, 0) is 89.0 Å². The van der Waals surface area contributed by atoms with Crippen LogP contribution >= 0.6 is 0 Å². The predicted molar refractivity (Wildman–Crippen MR) is 191 cm³/mol. The molecule has 9 aromatic rings. The molecular weight excluding hydrogens is 558 g/mol. The standard InChI is InChI=1S/C43H27N3/c44-28-29-11-9-12-30(23-29)32-24-33(27-35(26-32)46-42-21-7-3-17-38(42)39-18-4-8-22-43(39)46)31-13-10-14-34(25-31)45-40-19-5-1-15-36(40)37-16-2-6-20-41(37)45/h1-27H. The smallest absolute Gasteiger partial charge is 0.0991 e. The van der Waals surface area contributed by atoms with Gasteiger partial charge in [-0.25, -0.2) is 0 Å². The van der Waals surface area contributed by atoms with Gasteiger partial charge in [0.1, 0.15) is 0 Å². The minimum Gasteiger partial charge on any atom is -0.309 e. The summed E-state index contributed by atoms with van der Waals surface area (Å²) < 4.78 is 4.73. The van der Waals surface area contributed by atoms with Crippen molar-refractivity contribution in [2.24, 2.45) is 0 Å². The molecule has 2 heterocycles. The van der Waals surface area contributed by atoms with Gasteiger partial charge in [-0.1, -0.05) is 97.1 Å². The van der Waals surface area contributed by atoms with Crippen molar-refractivity contribution < 1.29 is 0 Å². The molecule has 214 valence electrons. The normalized spacial score (nSPS) is 11.5. The Bertz CT molecular complexity index is 2560. The van der Waals surface area contributed by atoms with Crippen LogP contribution in [0.15, 0.2) is 164 Å². The summed E-state index contributed by atoms with van der Waals surface area (Å²) in [6.45, 7) is 0. The van der Waals surface area contributed by atoms with E-state index in [4.69, 9.17) is 0 Å². The lowest BCUT2D eigenvalue weighted by Gasteiger charge is -2.15. The molecule has 3 nitrogen and oxygen atoms in total. The first-order valence-electron chi connectivity index (χ1n) is 15.5. The van der Waals surface area contributed by atoms with Crippen LogP contribution in [-0.4, -0.2) is 9.13 Å². The average molecular weight is 586 g/mol. The van der Waals surface area contributed by atoms with Crippen LogP contribution in [0.1, 0.15) is 5.56 Å². The molecule has 7 aromatic carbocycles. The van der Waals surface area contributed by atoms with Crippen molar-refractivity contribution in [2.75, 3.05) is 0 Å². The fourth-order valence-corrected chi connectivity index (χ4v) is 7.07. The van der Waals surface area contributed by atoms with Crippen LogP contribution in [0.3, 0.4) is 0 Å². The van der Waals surface area contributed by atoms with Gasteiger partial charge in [0, 0.05) is 32.9 Å². The Morgan fingerprint density at radius 1 is 0.348 bits per heavy atom. The maximum atomic E-state index is 9.70. The number of para-hydroxylation sites is 4. The second kappa shape index (κ2) is 10.4. The Morgan fingerprint density at radius 2 is 0.761 bits per heavy atom. The van der Waals surface area contributed by atoms with Crippen molar-refractivity contribution in [3.8, 4) is 39.7 Å². The summed E-state index contributed by atoms with van der Waals surface area (Å²) in [5.41, 5.74) is 11.9. The minimum absolute atomic E-state index is 0.648. The van der Waals surface area contributed by atoms with E-state index in [-0.39, 0.29) is 0 Å². The molecule has 0 aliphatic heterocycles. The van der Waals surface area contributed by atoms with Crippen LogP contribution in [0.4, 0.5) is 0 Å². The first kappa shape index (κ1) is 26.1. The predicted octanol–water partition coefficient (Wildman–Crippen LogP) is 11.1. The summed E-state index contributed by atoms with van der Waals surface area (Å²) in [4.78, 5) is 0. The Labute approximate surface area is 266 Å². The van der Waals surface area contributed by atoms with E-state index in [9.17, 15) is 5.26 Å². The number of aromatic nitrogens is 2. The van der Waals surface area contributed by atoms with Gasteiger partial charge in [0.25, 0.3) is 0 Å². The van der Waals surface area contributed by atoms with Gasteiger partial charge in [-0.2, -0.15) is 5.26 Å². The molecule has 0 spiro atoms. The van der Waals surface area contributed by atoms with Crippen molar-refractivity contribution in [3.05, 3.63) is 169 Å². The average Bonchev–Trinajstić information content (AvgIpc) is 3.65. The maximum Gasteiger partial charge on any atom is 0.0991 e. The third-order valence-electron chi connectivity index (χ3n) is 9.10. The van der Waals surface area contributed by atoms with Crippen LogP contribution in [0.25, 0.3) is 77.2 Å². The van der Waals surface area contributed by atoms with Crippen molar-refractivity contribution >= 4 is 43.6 Å². The quantitative estimate of drug-likeness (QED) is 0.202. The molecule has 2 aromatic heterocycles. The molecule has 3 heteroatoms. The molecule has 0 aliphatic rings. The molecule has 0 fully saturated rings. The lowest BCUT2D eigenvalue weighted by Crippen LogP contribution is -1.97. The van der Waals surface area contributed by atoms with Crippen LogP contribution in [0, 0.1) is 11.3 Å². The highest BCUT2D eigenvalue weighted by Gasteiger charge is 2.16. The number of hydrogen-bond donors (Lipinski definition) is 0. The fourth-order valence-electron chi connectivity index (χ4n) is 7.07. The Kier molecular flexibility index (Phi) is 5.88. The molecule has 0 radical (unpaired) electrons. The molecule has 0 N–H and O–H groups in total. The van der Waals surface area contributed by atoms with E-state index in [1.54, 1.807) is 0 Å². The van der Waals surface area contributed by atoms with Crippen LogP contribution < -0.4 is 0 Å². The summed E-state index contributed by atoms with van der Waals surface area (Å²) in [6, 6.07) is 60.3. The highest BCUT2D eigenvalue weighted by Crippen LogP contribution is 2.38. The second-order valence-electron chi connectivity index (χ2n) is 11.8. The van der Waals surface area contributed by atoms with Gasteiger partial charge in [-0.15, -0.1) is 0 Å². The third kappa shape index (κ3) is 4.05.